The van der Waals surface area contributed by atoms with Gasteiger partial charge in [-0.05, 0) is 66.4 Å². The highest BCUT2D eigenvalue weighted by molar-refractivity contribution is 8.00. The summed E-state index contributed by atoms with van der Waals surface area (Å²) in [7, 11) is 0. The first-order chi connectivity index (χ1) is 16.9. The van der Waals surface area contributed by atoms with E-state index in [-0.39, 0.29) is 44.3 Å². The fourth-order valence-corrected chi connectivity index (χ4v) is 4.02. The highest BCUT2D eigenvalue weighted by Gasteiger charge is 2.35. The van der Waals surface area contributed by atoms with Gasteiger partial charge >= 0.3 is 11.7 Å². The first-order valence-electron chi connectivity index (χ1n) is 10.1. The van der Waals surface area contributed by atoms with E-state index in [2.05, 4.69) is 10.4 Å². The van der Waals surface area contributed by atoms with Gasteiger partial charge in [0.2, 0.25) is 0 Å². The van der Waals surface area contributed by atoms with E-state index in [1.807, 2.05) is 0 Å². The molecule has 0 unspecified atom stereocenters. The van der Waals surface area contributed by atoms with Gasteiger partial charge in [-0.25, -0.2) is 4.68 Å². The maximum Gasteiger partial charge on any atom is 0.446 e. The van der Waals surface area contributed by atoms with E-state index in [1.54, 1.807) is 12.1 Å². The zero-order chi connectivity index (χ0) is 26.1. The Morgan fingerprint density at radius 1 is 0.889 bits per heavy atom. The van der Waals surface area contributed by atoms with Gasteiger partial charge in [0.05, 0.1) is 16.4 Å². The Kier molecular flexibility index (Phi) is 7.05. The molecule has 0 radical (unpaired) electrons. The second-order valence-corrected chi connectivity index (χ2v) is 8.93. The number of hydrogen-bond donors (Lipinski definition) is 1. The molecule has 1 heterocycles. The van der Waals surface area contributed by atoms with Crippen molar-refractivity contribution in [3.05, 3.63) is 95.1 Å². The Balaban J connectivity index is 1.58. The van der Waals surface area contributed by atoms with Crippen LogP contribution in [0.15, 0.2) is 83.8 Å². The van der Waals surface area contributed by atoms with Crippen LogP contribution in [0.1, 0.15) is 16.1 Å². The first-order valence-corrected chi connectivity index (χ1v) is 11.3. The third-order valence-electron chi connectivity index (χ3n) is 4.87. The lowest BCUT2D eigenvalue weighted by Crippen LogP contribution is -2.11. The number of nitrogens with one attached hydrogen (secondary N) is 1. The van der Waals surface area contributed by atoms with Crippen molar-refractivity contribution in [1.82, 2.24) is 9.78 Å². The Hall–Kier alpha value is -3.44. The number of para-hydroxylation sites is 1. The smallest absolute Gasteiger partial charge is 0.322 e. The Morgan fingerprint density at radius 2 is 1.53 bits per heavy atom. The summed E-state index contributed by atoms with van der Waals surface area (Å²) in [5, 5.41) is 6.45. The fraction of sp³-hybridized carbons (Fsp3) is 0.0833. The molecule has 0 saturated carbocycles. The number of alkyl halides is 6. The van der Waals surface area contributed by atoms with Crippen molar-refractivity contribution in [3.63, 3.8) is 0 Å². The molecule has 0 aliphatic heterocycles. The topological polar surface area (TPSA) is 46.9 Å². The summed E-state index contributed by atoms with van der Waals surface area (Å²) in [4.78, 5) is 12.5. The lowest BCUT2D eigenvalue weighted by molar-refractivity contribution is -0.141. The van der Waals surface area contributed by atoms with Crippen LogP contribution >= 0.6 is 23.4 Å². The normalized spacial score (nSPS) is 12.0. The van der Waals surface area contributed by atoms with Gasteiger partial charge in [0, 0.05) is 21.7 Å². The van der Waals surface area contributed by atoms with Crippen molar-refractivity contribution in [2.24, 2.45) is 0 Å². The van der Waals surface area contributed by atoms with Crippen LogP contribution in [0.5, 0.6) is 0 Å². The van der Waals surface area contributed by atoms with Crippen LogP contribution < -0.4 is 5.32 Å². The van der Waals surface area contributed by atoms with E-state index in [0.717, 1.165) is 10.7 Å². The van der Waals surface area contributed by atoms with Gasteiger partial charge in [0.15, 0.2) is 5.69 Å². The molecule has 0 bridgehead atoms. The van der Waals surface area contributed by atoms with Crippen LogP contribution in [0.4, 0.5) is 32.0 Å². The average Bonchev–Trinajstić information content (AvgIpc) is 3.26. The van der Waals surface area contributed by atoms with Gasteiger partial charge in [0.25, 0.3) is 5.91 Å². The summed E-state index contributed by atoms with van der Waals surface area (Å²) >= 11 is 5.90. The Labute approximate surface area is 209 Å². The van der Waals surface area contributed by atoms with Gasteiger partial charge in [-0.1, -0.05) is 35.9 Å². The highest BCUT2D eigenvalue weighted by Crippen LogP contribution is 2.37. The van der Waals surface area contributed by atoms with Gasteiger partial charge in [-0.2, -0.15) is 31.4 Å². The van der Waals surface area contributed by atoms with Crippen LogP contribution in [0.3, 0.4) is 0 Å². The monoisotopic (exact) mass is 541 g/mol. The van der Waals surface area contributed by atoms with Crippen molar-refractivity contribution in [1.29, 1.82) is 0 Å². The number of amides is 1. The number of carbonyl (C=O) groups excluding carboxylic acids is 1. The predicted molar refractivity (Wildman–Crippen MR) is 125 cm³/mol. The molecule has 12 heteroatoms. The third kappa shape index (κ3) is 6.03. The first kappa shape index (κ1) is 25.6. The van der Waals surface area contributed by atoms with E-state index < -0.39 is 23.3 Å². The van der Waals surface area contributed by atoms with Crippen molar-refractivity contribution >= 4 is 35.0 Å². The van der Waals surface area contributed by atoms with Gasteiger partial charge < -0.3 is 5.32 Å². The summed E-state index contributed by atoms with van der Waals surface area (Å²) in [6, 6.07) is 18.1. The van der Waals surface area contributed by atoms with E-state index in [4.69, 9.17) is 11.6 Å². The summed E-state index contributed by atoms with van der Waals surface area (Å²) in [6.07, 6.45) is -4.69. The number of aromatic nitrogens is 2. The van der Waals surface area contributed by atoms with E-state index in [1.165, 1.54) is 60.7 Å². The number of rotatable bonds is 5. The summed E-state index contributed by atoms with van der Waals surface area (Å²) in [5.74, 6) is -0.548. The number of anilines is 1. The number of nitrogens with zero attached hydrogens (tertiary/aromatic N) is 2. The van der Waals surface area contributed by atoms with E-state index >= 15 is 0 Å². The molecule has 0 fully saturated rings. The highest BCUT2D eigenvalue weighted by atomic mass is 35.5. The molecule has 0 aliphatic rings. The lowest BCUT2D eigenvalue weighted by Gasteiger charge is -2.10. The van der Waals surface area contributed by atoms with Crippen LogP contribution in [-0.4, -0.2) is 21.2 Å². The second-order valence-electron chi connectivity index (χ2n) is 7.38. The minimum Gasteiger partial charge on any atom is -0.322 e. The summed E-state index contributed by atoms with van der Waals surface area (Å²) in [5.41, 5.74) is -4.35. The minimum absolute atomic E-state index is 0.0294. The maximum atomic E-state index is 13.4. The fourth-order valence-electron chi connectivity index (χ4n) is 3.27. The van der Waals surface area contributed by atoms with Crippen molar-refractivity contribution in [3.8, 4) is 16.9 Å². The SMILES string of the molecule is O=C(Nc1ccc(SC(F)(F)F)cc1)c1ccc(-c2cc(C(F)(F)F)nn2-c2ccccc2Cl)cc1. The van der Waals surface area contributed by atoms with Gasteiger partial charge in [0.1, 0.15) is 0 Å². The molecule has 4 rings (SSSR count). The quantitative estimate of drug-likeness (QED) is 0.205. The van der Waals surface area contributed by atoms with Crippen molar-refractivity contribution in [2.75, 3.05) is 5.32 Å². The number of thioether (sulfide) groups is 1. The average molecular weight is 542 g/mol. The van der Waals surface area contributed by atoms with Crippen molar-refractivity contribution in [2.45, 2.75) is 16.6 Å². The molecule has 4 nitrogen and oxygen atoms in total. The standard InChI is InChI=1S/C24H14ClF6N3OS/c25-18-3-1-2-4-19(18)34-20(13-21(33-34)23(26,27)28)14-5-7-15(8-6-14)22(35)32-16-9-11-17(12-10-16)36-24(29,30)31/h1-13H,(H,32,35). The zero-order valence-electron chi connectivity index (χ0n) is 17.9. The van der Waals surface area contributed by atoms with Gasteiger partial charge in [-0.3, -0.25) is 4.79 Å². The molecule has 1 amide bonds. The molecular weight excluding hydrogens is 528 g/mol. The molecule has 0 spiro atoms. The van der Waals surface area contributed by atoms with Crippen LogP contribution in [0.2, 0.25) is 5.02 Å². The largest absolute Gasteiger partial charge is 0.446 e. The molecule has 0 atom stereocenters. The molecule has 36 heavy (non-hydrogen) atoms. The molecule has 1 aromatic heterocycles. The van der Waals surface area contributed by atoms with Crippen molar-refractivity contribution < 1.29 is 31.1 Å². The zero-order valence-corrected chi connectivity index (χ0v) is 19.4. The Bertz CT molecular complexity index is 1380. The molecule has 0 aliphatic carbocycles. The second kappa shape index (κ2) is 9.90. The lowest BCUT2D eigenvalue weighted by atomic mass is 10.1. The van der Waals surface area contributed by atoms with Crippen LogP contribution in [0, 0.1) is 0 Å². The Morgan fingerprint density at radius 3 is 2.11 bits per heavy atom. The molecule has 186 valence electrons. The number of benzene rings is 3. The molecule has 4 aromatic rings. The summed E-state index contributed by atoms with van der Waals surface area (Å²) in [6.45, 7) is 0. The molecule has 1 N–H and O–H groups in total. The van der Waals surface area contributed by atoms with E-state index in [9.17, 15) is 31.1 Å². The predicted octanol–water partition coefficient (Wildman–Crippen LogP) is 8.08. The third-order valence-corrected chi connectivity index (χ3v) is 5.93. The molecule has 0 saturated heterocycles. The van der Waals surface area contributed by atoms with Crippen LogP contribution in [0.25, 0.3) is 16.9 Å². The number of carbonyl (C=O) groups is 1. The number of halogens is 7. The number of hydrogen-bond acceptors (Lipinski definition) is 3. The van der Waals surface area contributed by atoms with Crippen LogP contribution in [-0.2, 0) is 6.18 Å². The summed E-state index contributed by atoms with van der Waals surface area (Å²) < 4.78 is 78.6. The molecule has 3 aromatic carbocycles. The minimum atomic E-state index is -4.69. The van der Waals surface area contributed by atoms with E-state index in [0.29, 0.717) is 5.56 Å². The maximum absolute atomic E-state index is 13.4. The van der Waals surface area contributed by atoms with Gasteiger partial charge in [-0.15, -0.1) is 0 Å². The molecular formula is C24H14ClF6N3OS.